The fourth-order valence-electron chi connectivity index (χ4n) is 0.250. The number of rotatable bonds is 0. The Kier molecular flexibility index (Phi) is 4.47. The minimum Gasteiger partial charge on any atom is -0.0533 e. The predicted octanol–water partition coefficient (Wildman–Crippen LogP) is 1.56. The maximum absolute atomic E-state index is 1.50. The van der Waals surface area contributed by atoms with Crippen LogP contribution >= 0.6 is 0 Å². The first-order valence-electron chi connectivity index (χ1n) is 2.00. The summed E-state index contributed by atoms with van der Waals surface area (Å²) in [6, 6.07) is 0. The molecule has 0 saturated heterocycles. The Balaban J connectivity index is 0.000000160. The van der Waals surface area contributed by atoms with Gasteiger partial charge in [-0.15, -0.1) is 0 Å². The normalized spacial score (nSPS) is 19.2. The Hall–Kier alpha value is 1.34. The van der Waals surface area contributed by atoms with Gasteiger partial charge >= 0.3 is 0 Å². The van der Waals surface area contributed by atoms with Crippen molar-refractivity contribution in [3.63, 3.8) is 0 Å². The molecule has 0 atom stereocenters. The summed E-state index contributed by atoms with van der Waals surface area (Å²) in [5.41, 5.74) is 0. The molecule has 0 N–H and O–H groups in total. The smallest absolute Gasteiger partial charge is 0 e. The molecule has 1 rings (SSSR count). The number of hydrogen-bond acceptors (Lipinski definition) is 0. The van der Waals surface area contributed by atoms with Crippen molar-refractivity contribution in [1.29, 1.82) is 0 Å². The van der Waals surface area contributed by atoms with Gasteiger partial charge in [-0.3, -0.25) is 0 Å². The molecule has 0 nitrogen and oxygen atoms in total. The van der Waals surface area contributed by atoms with Crippen LogP contribution in [0.15, 0.2) is 0 Å². The molecule has 1 fully saturated rings. The first-order valence-corrected chi connectivity index (χ1v) is 2.00. The molecule has 0 bridgehead atoms. The third kappa shape index (κ3) is 2.09. The molecule has 0 aromatic carbocycles. The van der Waals surface area contributed by atoms with Crippen LogP contribution in [0, 0.1) is 40.4 Å². The average molecular weight is 206 g/mol. The zero-order valence-corrected chi connectivity index (χ0v) is 5.86. The third-order valence-corrected chi connectivity index (χ3v) is 1.000. The van der Waals surface area contributed by atoms with E-state index in [-0.39, 0.29) is 40.4 Å². The van der Waals surface area contributed by atoms with E-state index < -0.39 is 0 Å². The minimum absolute atomic E-state index is 0. The summed E-state index contributed by atoms with van der Waals surface area (Å²) < 4.78 is 0. The molecule has 30 valence electrons. The first kappa shape index (κ1) is 6.34. The standard InChI is InChI=1S/C4H8.Sm/c1-2-4-3-1;/h1-4H2;. The van der Waals surface area contributed by atoms with Crippen LogP contribution in [0.1, 0.15) is 25.7 Å². The summed E-state index contributed by atoms with van der Waals surface area (Å²) >= 11 is 0. The zero-order chi connectivity index (χ0) is 2.83. The molecule has 0 unspecified atom stereocenters. The summed E-state index contributed by atoms with van der Waals surface area (Å²) in [5.74, 6) is 0. The molecule has 0 amide bonds. The number of hydrogen-bond donors (Lipinski definition) is 0. The summed E-state index contributed by atoms with van der Waals surface area (Å²) in [5, 5.41) is 0. The molecule has 0 aromatic heterocycles. The Morgan fingerprint density at radius 2 is 0.800 bits per heavy atom. The van der Waals surface area contributed by atoms with Gasteiger partial charge in [-0.05, 0) is 0 Å². The van der Waals surface area contributed by atoms with E-state index in [4.69, 9.17) is 0 Å². The molecule has 0 spiro atoms. The van der Waals surface area contributed by atoms with Crippen molar-refractivity contribution in [2.45, 2.75) is 25.7 Å². The molecule has 1 saturated carbocycles. The van der Waals surface area contributed by atoms with Crippen LogP contribution in [0.4, 0.5) is 0 Å². The van der Waals surface area contributed by atoms with Crippen LogP contribution in [0.25, 0.3) is 0 Å². The van der Waals surface area contributed by atoms with Gasteiger partial charge in [0.1, 0.15) is 0 Å². The van der Waals surface area contributed by atoms with E-state index in [1.54, 1.807) is 0 Å². The minimum atomic E-state index is 0. The molecule has 1 aliphatic carbocycles. The van der Waals surface area contributed by atoms with Gasteiger partial charge in [0.2, 0.25) is 0 Å². The van der Waals surface area contributed by atoms with Gasteiger partial charge in [-0.25, -0.2) is 0 Å². The second-order valence-corrected chi connectivity index (χ2v) is 1.41. The summed E-state index contributed by atoms with van der Waals surface area (Å²) in [6.07, 6.45) is 6.00. The van der Waals surface area contributed by atoms with Gasteiger partial charge < -0.3 is 0 Å². The van der Waals surface area contributed by atoms with Gasteiger partial charge in [-0.1, -0.05) is 25.7 Å². The largest absolute Gasteiger partial charge is 0.0533 e. The fourth-order valence-corrected chi connectivity index (χ4v) is 0.250. The van der Waals surface area contributed by atoms with Crippen LogP contribution in [0.3, 0.4) is 0 Å². The summed E-state index contributed by atoms with van der Waals surface area (Å²) in [7, 11) is 0. The topological polar surface area (TPSA) is 0 Å². The van der Waals surface area contributed by atoms with Crippen molar-refractivity contribution in [2.24, 2.45) is 0 Å². The quantitative estimate of drug-likeness (QED) is 0.564. The molecule has 1 heteroatoms. The van der Waals surface area contributed by atoms with Crippen molar-refractivity contribution in [2.75, 3.05) is 0 Å². The summed E-state index contributed by atoms with van der Waals surface area (Å²) in [6.45, 7) is 0. The van der Waals surface area contributed by atoms with E-state index in [0.717, 1.165) is 0 Å². The van der Waals surface area contributed by atoms with E-state index in [1.165, 1.54) is 25.7 Å². The van der Waals surface area contributed by atoms with Crippen molar-refractivity contribution >= 4 is 0 Å². The first-order chi connectivity index (χ1) is 2.00. The molecule has 5 heavy (non-hydrogen) atoms. The van der Waals surface area contributed by atoms with E-state index in [9.17, 15) is 0 Å². The second kappa shape index (κ2) is 3.53. The molecular formula is C4H8Sm. The Labute approximate surface area is 65.4 Å². The fraction of sp³-hybridized carbons (Fsp3) is 1.00. The summed E-state index contributed by atoms with van der Waals surface area (Å²) in [4.78, 5) is 0. The Morgan fingerprint density at radius 1 is 0.600 bits per heavy atom. The molecule has 0 heterocycles. The van der Waals surface area contributed by atoms with Crippen molar-refractivity contribution in [1.82, 2.24) is 0 Å². The van der Waals surface area contributed by atoms with Crippen LogP contribution in [0.5, 0.6) is 0 Å². The van der Waals surface area contributed by atoms with Gasteiger partial charge in [0.05, 0.1) is 0 Å². The third-order valence-electron chi connectivity index (χ3n) is 1.000. The van der Waals surface area contributed by atoms with Crippen LogP contribution in [-0.2, 0) is 0 Å². The SMILES string of the molecule is C1CCC1.[Sm]. The van der Waals surface area contributed by atoms with Gasteiger partial charge in [0.15, 0.2) is 0 Å². The maximum Gasteiger partial charge on any atom is 0 e. The van der Waals surface area contributed by atoms with E-state index >= 15 is 0 Å². The van der Waals surface area contributed by atoms with E-state index in [2.05, 4.69) is 0 Å². The molecular weight excluding hydrogens is 198 g/mol. The van der Waals surface area contributed by atoms with E-state index in [0.29, 0.717) is 0 Å². The van der Waals surface area contributed by atoms with Crippen molar-refractivity contribution < 1.29 is 40.4 Å². The van der Waals surface area contributed by atoms with Crippen molar-refractivity contribution in [3.8, 4) is 0 Å². The second-order valence-electron chi connectivity index (χ2n) is 1.41. The van der Waals surface area contributed by atoms with Crippen LogP contribution < -0.4 is 0 Å². The van der Waals surface area contributed by atoms with Gasteiger partial charge in [-0.2, -0.15) is 0 Å². The monoisotopic (exact) mass is 208 g/mol. The van der Waals surface area contributed by atoms with Gasteiger partial charge in [0.25, 0.3) is 0 Å². The molecule has 1 aliphatic rings. The Morgan fingerprint density at radius 3 is 0.800 bits per heavy atom. The molecule has 0 aliphatic heterocycles. The van der Waals surface area contributed by atoms with Gasteiger partial charge in [0, 0.05) is 40.4 Å². The Bertz CT molecular complexity index is 11.6. The van der Waals surface area contributed by atoms with Crippen LogP contribution in [0.2, 0.25) is 0 Å². The van der Waals surface area contributed by atoms with Crippen molar-refractivity contribution in [3.05, 3.63) is 0 Å². The average Bonchev–Trinajstić information content (AvgIpc) is 0.722. The van der Waals surface area contributed by atoms with E-state index in [1.807, 2.05) is 0 Å². The molecule has 0 aromatic rings. The maximum atomic E-state index is 1.50. The molecule has 0 radical (unpaired) electrons. The zero-order valence-electron chi connectivity index (χ0n) is 3.24. The van der Waals surface area contributed by atoms with Crippen LogP contribution in [-0.4, -0.2) is 0 Å². The predicted molar refractivity (Wildman–Crippen MR) is 18.5 cm³/mol.